The lowest BCUT2D eigenvalue weighted by Gasteiger charge is -2.12. The number of carbonyl (C=O) groups is 1. The number of hydrogen-bond donors (Lipinski definition) is 1. The van der Waals surface area contributed by atoms with Crippen LogP contribution in [0.2, 0.25) is 0 Å². The number of ether oxygens (including phenoxy) is 3. The van der Waals surface area contributed by atoms with Crippen LogP contribution in [-0.2, 0) is 14.6 Å². The van der Waals surface area contributed by atoms with Crippen LogP contribution in [-0.4, -0.2) is 51.1 Å². The number of methoxy groups -OCH3 is 3. The highest BCUT2D eigenvalue weighted by Gasteiger charge is 2.20. The molecule has 0 bridgehead atoms. The first-order chi connectivity index (χ1) is 16.2. The van der Waals surface area contributed by atoms with Crippen molar-refractivity contribution in [2.45, 2.75) is 24.0 Å². The van der Waals surface area contributed by atoms with Crippen LogP contribution in [0.1, 0.15) is 19.4 Å². The summed E-state index contributed by atoms with van der Waals surface area (Å²) >= 11 is 0. The van der Waals surface area contributed by atoms with Crippen LogP contribution >= 0.6 is 0 Å². The number of benzene rings is 2. The van der Waals surface area contributed by atoms with Crippen molar-refractivity contribution in [3.8, 4) is 28.7 Å². The predicted octanol–water partition coefficient (Wildman–Crippen LogP) is 3.60. The van der Waals surface area contributed by atoms with Crippen molar-refractivity contribution in [1.82, 2.24) is 10.2 Å². The maximum absolute atomic E-state index is 12.4. The molecule has 0 fully saturated rings. The van der Waals surface area contributed by atoms with Gasteiger partial charge in [-0.15, -0.1) is 5.10 Å². The fraction of sp³-hybridized carbons (Fsp3) is 0.261. The summed E-state index contributed by atoms with van der Waals surface area (Å²) in [6.45, 7) is 3.21. The first-order valence-electron chi connectivity index (χ1n) is 10.2. The predicted molar refractivity (Wildman–Crippen MR) is 126 cm³/mol. The summed E-state index contributed by atoms with van der Waals surface area (Å²) in [6.07, 6.45) is 2.83. The van der Waals surface area contributed by atoms with Crippen molar-refractivity contribution >= 4 is 27.8 Å². The minimum absolute atomic E-state index is 0.0738. The Bertz CT molecular complexity index is 1290. The molecule has 0 atom stereocenters. The number of nitrogens with one attached hydrogen (secondary N) is 1. The van der Waals surface area contributed by atoms with E-state index in [0.717, 1.165) is 0 Å². The zero-order valence-corrected chi connectivity index (χ0v) is 20.2. The second-order valence-corrected chi connectivity index (χ2v) is 9.82. The minimum Gasteiger partial charge on any atom is -0.493 e. The lowest BCUT2D eigenvalue weighted by Crippen LogP contribution is -2.13. The monoisotopic (exact) mass is 487 g/mol. The number of hydrogen-bond acceptors (Lipinski definition) is 9. The summed E-state index contributed by atoms with van der Waals surface area (Å²) in [5.74, 6) is 0.899. The summed E-state index contributed by atoms with van der Waals surface area (Å²) < 4.78 is 46.2. The molecule has 1 heterocycles. The summed E-state index contributed by atoms with van der Waals surface area (Å²) in [5.41, 5.74) is 1.06. The van der Waals surface area contributed by atoms with Gasteiger partial charge in [0.2, 0.25) is 11.6 Å². The van der Waals surface area contributed by atoms with Gasteiger partial charge in [-0.3, -0.25) is 10.1 Å². The van der Waals surface area contributed by atoms with E-state index in [1.807, 2.05) is 0 Å². The molecule has 1 aromatic heterocycles. The molecule has 0 spiro atoms. The molecule has 0 unspecified atom stereocenters. The minimum atomic E-state index is -3.46. The molecular formula is C23H25N3O7S. The van der Waals surface area contributed by atoms with E-state index >= 15 is 0 Å². The van der Waals surface area contributed by atoms with Crippen LogP contribution in [0.4, 0.5) is 6.01 Å². The SMILES string of the molecule is COc1cc(C=CC(=O)Nc2nnc(-c3cccc(S(=O)(=O)C(C)C)c3)o2)cc(OC)c1OC. The molecule has 3 rings (SSSR count). The van der Waals surface area contributed by atoms with Crippen molar-refractivity contribution in [2.24, 2.45) is 0 Å². The Kier molecular flexibility index (Phi) is 7.57. The average Bonchev–Trinajstić information content (AvgIpc) is 3.30. The van der Waals surface area contributed by atoms with E-state index in [2.05, 4.69) is 15.5 Å². The van der Waals surface area contributed by atoms with Crippen LogP contribution in [0.25, 0.3) is 17.5 Å². The van der Waals surface area contributed by atoms with E-state index in [9.17, 15) is 13.2 Å². The Balaban J connectivity index is 1.75. The van der Waals surface area contributed by atoms with Gasteiger partial charge in [-0.05, 0) is 55.8 Å². The van der Waals surface area contributed by atoms with Gasteiger partial charge in [-0.25, -0.2) is 8.42 Å². The molecular weight excluding hydrogens is 462 g/mol. The van der Waals surface area contributed by atoms with Gasteiger partial charge in [-0.1, -0.05) is 11.2 Å². The molecule has 34 heavy (non-hydrogen) atoms. The largest absolute Gasteiger partial charge is 0.493 e. The number of sulfone groups is 1. The Morgan fingerprint density at radius 1 is 1.03 bits per heavy atom. The molecule has 0 aliphatic rings. The number of anilines is 1. The van der Waals surface area contributed by atoms with Gasteiger partial charge in [0, 0.05) is 11.6 Å². The molecule has 0 saturated heterocycles. The van der Waals surface area contributed by atoms with Gasteiger partial charge in [0.15, 0.2) is 21.3 Å². The second kappa shape index (κ2) is 10.4. The van der Waals surface area contributed by atoms with E-state index in [1.54, 1.807) is 44.2 Å². The highest BCUT2D eigenvalue weighted by molar-refractivity contribution is 7.92. The number of nitrogens with zero attached hydrogens (tertiary/aromatic N) is 2. The van der Waals surface area contributed by atoms with E-state index in [0.29, 0.717) is 28.4 Å². The van der Waals surface area contributed by atoms with Crippen LogP contribution in [0.3, 0.4) is 0 Å². The van der Waals surface area contributed by atoms with E-state index < -0.39 is 21.0 Å². The zero-order valence-electron chi connectivity index (χ0n) is 19.4. The molecule has 0 saturated carbocycles. The van der Waals surface area contributed by atoms with Crippen LogP contribution in [0.5, 0.6) is 17.2 Å². The molecule has 10 nitrogen and oxygen atoms in total. The van der Waals surface area contributed by atoms with Crippen molar-refractivity contribution < 1.29 is 31.8 Å². The van der Waals surface area contributed by atoms with Crippen molar-refractivity contribution in [2.75, 3.05) is 26.6 Å². The first-order valence-corrected chi connectivity index (χ1v) is 11.7. The summed E-state index contributed by atoms with van der Waals surface area (Å²) in [6, 6.07) is 9.44. The average molecular weight is 488 g/mol. The van der Waals surface area contributed by atoms with Gasteiger partial charge in [0.1, 0.15) is 0 Å². The third-order valence-electron chi connectivity index (χ3n) is 4.80. The number of amides is 1. The fourth-order valence-corrected chi connectivity index (χ4v) is 4.09. The molecule has 0 radical (unpaired) electrons. The summed E-state index contributed by atoms with van der Waals surface area (Å²) in [7, 11) is 1.04. The van der Waals surface area contributed by atoms with E-state index in [-0.39, 0.29) is 16.8 Å². The number of aromatic nitrogens is 2. The molecule has 0 aliphatic carbocycles. The highest BCUT2D eigenvalue weighted by atomic mass is 32.2. The van der Waals surface area contributed by atoms with Crippen molar-refractivity contribution in [3.63, 3.8) is 0 Å². The molecule has 1 amide bonds. The number of carbonyl (C=O) groups excluding carboxylic acids is 1. The Labute approximate surface area is 197 Å². The molecule has 2 aromatic carbocycles. The van der Waals surface area contributed by atoms with Crippen LogP contribution < -0.4 is 19.5 Å². The van der Waals surface area contributed by atoms with Crippen LogP contribution in [0, 0.1) is 0 Å². The maximum atomic E-state index is 12.4. The van der Waals surface area contributed by atoms with E-state index in [4.69, 9.17) is 18.6 Å². The van der Waals surface area contributed by atoms with Gasteiger partial charge < -0.3 is 18.6 Å². The third-order valence-corrected chi connectivity index (χ3v) is 6.95. The second-order valence-electron chi connectivity index (χ2n) is 7.32. The van der Waals surface area contributed by atoms with Crippen LogP contribution in [0.15, 0.2) is 51.8 Å². The maximum Gasteiger partial charge on any atom is 0.322 e. The lowest BCUT2D eigenvalue weighted by atomic mass is 10.1. The molecule has 3 aromatic rings. The topological polar surface area (TPSA) is 130 Å². The van der Waals surface area contributed by atoms with Gasteiger partial charge in [0.05, 0.1) is 31.5 Å². The van der Waals surface area contributed by atoms with Gasteiger partial charge >= 0.3 is 6.01 Å². The Hall–Kier alpha value is -3.86. The molecule has 11 heteroatoms. The standard InChI is InChI=1S/C23H25N3O7S/c1-14(2)34(28,29)17-8-6-7-16(13-17)22-25-26-23(33-22)24-20(27)10-9-15-11-18(30-3)21(32-5)19(12-15)31-4/h6-14H,1-5H3,(H,24,26,27). The zero-order chi connectivity index (χ0) is 24.9. The van der Waals surface area contributed by atoms with Crippen molar-refractivity contribution in [3.05, 3.63) is 48.0 Å². The fourth-order valence-electron chi connectivity index (χ4n) is 2.99. The Morgan fingerprint density at radius 2 is 1.71 bits per heavy atom. The summed E-state index contributed by atoms with van der Waals surface area (Å²) in [5, 5.41) is 9.60. The first kappa shape index (κ1) is 24.8. The van der Waals surface area contributed by atoms with Gasteiger partial charge in [0.25, 0.3) is 5.91 Å². The third kappa shape index (κ3) is 5.37. The van der Waals surface area contributed by atoms with E-state index in [1.165, 1.54) is 39.5 Å². The lowest BCUT2D eigenvalue weighted by molar-refractivity contribution is -0.112. The van der Waals surface area contributed by atoms with Gasteiger partial charge in [-0.2, -0.15) is 0 Å². The smallest absolute Gasteiger partial charge is 0.322 e. The number of rotatable bonds is 9. The molecule has 1 N–H and O–H groups in total. The highest BCUT2D eigenvalue weighted by Crippen LogP contribution is 2.38. The normalized spacial score (nSPS) is 11.6. The molecule has 0 aliphatic heterocycles. The quantitative estimate of drug-likeness (QED) is 0.450. The van der Waals surface area contributed by atoms with Crippen molar-refractivity contribution in [1.29, 1.82) is 0 Å². The summed E-state index contributed by atoms with van der Waals surface area (Å²) in [4.78, 5) is 12.5. The Morgan fingerprint density at radius 3 is 2.29 bits per heavy atom. The molecule has 180 valence electrons.